The Kier molecular flexibility index (Phi) is 8.33. The van der Waals surface area contributed by atoms with E-state index in [1.807, 2.05) is 0 Å². The highest BCUT2D eigenvalue weighted by Crippen LogP contribution is 2.15. The Morgan fingerprint density at radius 2 is 2.04 bits per heavy atom. The SMILES string of the molecule is O=C(c1cnccn1)N1CCCCCCO[C@H]([C@H](O)CO)[C@H](O)[C@H](O)C1. The lowest BCUT2D eigenvalue weighted by molar-refractivity contribution is -0.145. The number of rotatable bonds is 3. The Morgan fingerprint density at radius 1 is 1.27 bits per heavy atom. The number of aliphatic hydroxyl groups is 4. The van der Waals surface area contributed by atoms with E-state index in [4.69, 9.17) is 9.84 Å². The van der Waals surface area contributed by atoms with Gasteiger partial charge in [0, 0.05) is 32.1 Å². The summed E-state index contributed by atoms with van der Waals surface area (Å²) in [5.74, 6) is -0.387. The average Bonchev–Trinajstić information content (AvgIpc) is 2.67. The van der Waals surface area contributed by atoms with Gasteiger partial charge in [-0.2, -0.15) is 0 Å². The molecule has 0 aromatic carbocycles. The molecule has 1 saturated heterocycles. The van der Waals surface area contributed by atoms with Crippen LogP contribution in [0, 0.1) is 0 Å². The van der Waals surface area contributed by atoms with Gasteiger partial charge in [0.25, 0.3) is 5.91 Å². The van der Waals surface area contributed by atoms with Crippen LogP contribution < -0.4 is 0 Å². The van der Waals surface area contributed by atoms with Crippen LogP contribution in [-0.2, 0) is 4.74 Å². The molecule has 1 aliphatic heterocycles. The molecule has 4 atom stereocenters. The molecule has 0 saturated carbocycles. The zero-order valence-corrected chi connectivity index (χ0v) is 14.6. The molecule has 2 rings (SSSR count). The van der Waals surface area contributed by atoms with Crippen LogP contribution in [-0.4, -0.2) is 91.9 Å². The van der Waals surface area contributed by atoms with Gasteiger partial charge in [0.05, 0.1) is 12.8 Å². The minimum atomic E-state index is -1.45. The summed E-state index contributed by atoms with van der Waals surface area (Å²) in [5, 5.41) is 39.8. The maximum Gasteiger partial charge on any atom is 0.274 e. The standard InChI is InChI=1S/C17H27N3O6/c21-11-14(23)16-15(24)13(22)10-20(7-3-1-2-4-8-26-16)17(25)12-9-18-5-6-19-12/h5-6,9,13-16,21-24H,1-4,7-8,10-11H2/t13-,14-,15-,16-/m1/s1. The predicted molar refractivity (Wildman–Crippen MR) is 91.2 cm³/mol. The summed E-state index contributed by atoms with van der Waals surface area (Å²) in [7, 11) is 0. The molecule has 146 valence electrons. The van der Waals surface area contributed by atoms with Crippen molar-refractivity contribution in [3.63, 3.8) is 0 Å². The Bertz CT molecular complexity index is 547. The van der Waals surface area contributed by atoms with E-state index < -0.39 is 31.0 Å². The first-order chi connectivity index (χ1) is 12.5. The molecule has 0 spiro atoms. The first kappa shape index (κ1) is 20.7. The van der Waals surface area contributed by atoms with Gasteiger partial charge in [-0.05, 0) is 12.8 Å². The van der Waals surface area contributed by atoms with Gasteiger partial charge in [0.2, 0.25) is 0 Å². The molecule has 0 bridgehead atoms. The lowest BCUT2D eigenvalue weighted by atomic mass is 10.0. The highest BCUT2D eigenvalue weighted by molar-refractivity contribution is 5.91. The second kappa shape index (κ2) is 10.5. The quantitative estimate of drug-likeness (QED) is 0.530. The summed E-state index contributed by atoms with van der Waals surface area (Å²) in [4.78, 5) is 21.9. The molecule has 1 amide bonds. The Labute approximate surface area is 152 Å². The third-order valence-corrected chi connectivity index (χ3v) is 4.41. The molecule has 9 heteroatoms. The summed E-state index contributed by atoms with van der Waals surface area (Å²) in [6.45, 7) is -0.0215. The average molecular weight is 369 g/mol. The number of carbonyl (C=O) groups excluding carboxylic acids is 1. The molecule has 1 aliphatic rings. The van der Waals surface area contributed by atoms with Gasteiger partial charge in [0.15, 0.2) is 0 Å². The fourth-order valence-corrected chi connectivity index (χ4v) is 2.92. The number of carbonyl (C=O) groups is 1. The molecule has 26 heavy (non-hydrogen) atoms. The van der Waals surface area contributed by atoms with Crippen molar-refractivity contribution in [2.45, 2.75) is 50.1 Å². The van der Waals surface area contributed by atoms with E-state index in [-0.39, 0.29) is 18.1 Å². The fraction of sp³-hybridized carbons (Fsp3) is 0.706. The lowest BCUT2D eigenvalue weighted by Gasteiger charge is -2.33. The zero-order valence-electron chi connectivity index (χ0n) is 14.6. The van der Waals surface area contributed by atoms with Gasteiger partial charge in [-0.25, -0.2) is 4.98 Å². The minimum absolute atomic E-state index is 0.144. The molecule has 9 nitrogen and oxygen atoms in total. The summed E-state index contributed by atoms with van der Waals surface area (Å²) >= 11 is 0. The largest absolute Gasteiger partial charge is 0.394 e. The Balaban J connectivity index is 2.15. The van der Waals surface area contributed by atoms with Gasteiger partial charge in [0.1, 0.15) is 30.1 Å². The molecule has 1 aromatic rings. The van der Waals surface area contributed by atoms with Gasteiger partial charge < -0.3 is 30.1 Å². The number of β-amino-alcohol motifs (C(OH)–C–C–N with tert-alkyl or cyclic N) is 1. The van der Waals surface area contributed by atoms with Gasteiger partial charge >= 0.3 is 0 Å². The number of aliphatic hydroxyl groups excluding tert-OH is 4. The van der Waals surface area contributed by atoms with Crippen molar-refractivity contribution in [3.8, 4) is 0 Å². The van der Waals surface area contributed by atoms with Crippen LogP contribution in [0.2, 0.25) is 0 Å². The first-order valence-electron chi connectivity index (χ1n) is 8.86. The number of aromatic nitrogens is 2. The van der Waals surface area contributed by atoms with Crippen LogP contribution >= 0.6 is 0 Å². The number of ether oxygens (including phenoxy) is 1. The van der Waals surface area contributed by atoms with E-state index in [9.17, 15) is 20.1 Å². The Hall–Kier alpha value is -1.65. The van der Waals surface area contributed by atoms with Crippen LogP contribution in [0.25, 0.3) is 0 Å². The first-order valence-corrected chi connectivity index (χ1v) is 8.86. The second-order valence-electron chi connectivity index (χ2n) is 6.40. The number of hydrogen-bond donors (Lipinski definition) is 4. The number of amides is 1. The molecule has 0 unspecified atom stereocenters. The van der Waals surface area contributed by atoms with Gasteiger partial charge in [-0.15, -0.1) is 0 Å². The minimum Gasteiger partial charge on any atom is -0.394 e. The van der Waals surface area contributed by atoms with E-state index in [1.54, 1.807) is 0 Å². The van der Waals surface area contributed by atoms with Crippen LogP contribution in [0.4, 0.5) is 0 Å². The summed E-state index contributed by atoms with van der Waals surface area (Å²) in [6, 6.07) is 0. The monoisotopic (exact) mass is 369 g/mol. The van der Waals surface area contributed by atoms with E-state index in [0.717, 1.165) is 25.7 Å². The maximum atomic E-state index is 12.7. The van der Waals surface area contributed by atoms with Crippen LogP contribution in [0.3, 0.4) is 0 Å². The van der Waals surface area contributed by atoms with Crippen LogP contribution in [0.1, 0.15) is 36.2 Å². The van der Waals surface area contributed by atoms with Crippen LogP contribution in [0.15, 0.2) is 18.6 Å². The van der Waals surface area contributed by atoms with Gasteiger partial charge in [-0.3, -0.25) is 9.78 Å². The maximum absolute atomic E-state index is 12.7. The lowest BCUT2D eigenvalue weighted by Crippen LogP contribution is -2.52. The van der Waals surface area contributed by atoms with Crippen molar-refractivity contribution >= 4 is 5.91 Å². The molecule has 4 N–H and O–H groups in total. The molecular weight excluding hydrogens is 342 g/mol. The van der Waals surface area contributed by atoms with E-state index in [2.05, 4.69) is 9.97 Å². The highest BCUT2D eigenvalue weighted by atomic mass is 16.5. The second-order valence-corrected chi connectivity index (χ2v) is 6.40. The predicted octanol–water partition coefficient (Wildman–Crippen LogP) is -1.05. The highest BCUT2D eigenvalue weighted by Gasteiger charge is 2.34. The fourth-order valence-electron chi connectivity index (χ4n) is 2.92. The zero-order chi connectivity index (χ0) is 18.9. The third kappa shape index (κ3) is 5.68. The number of nitrogens with zero attached hydrogens (tertiary/aromatic N) is 3. The van der Waals surface area contributed by atoms with Gasteiger partial charge in [-0.1, -0.05) is 12.8 Å². The Morgan fingerprint density at radius 3 is 2.73 bits per heavy atom. The van der Waals surface area contributed by atoms with Crippen LogP contribution in [0.5, 0.6) is 0 Å². The van der Waals surface area contributed by atoms with Crippen molar-refractivity contribution in [1.82, 2.24) is 14.9 Å². The van der Waals surface area contributed by atoms with E-state index in [0.29, 0.717) is 13.2 Å². The number of hydrogen-bond acceptors (Lipinski definition) is 8. The molecule has 1 fully saturated rings. The van der Waals surface area contributed by atoms with Crippen molar-refractivity contribution in [2.75, 3.05) is 26.3 Å². The molecular formula is C17H27N3O6. The van der Waals surface area contributed by atoms with E-state index in [1.165, 1.54) is 23.5 Å². The topological polar surface area (TPSA) is 136 Å². The smallest absolute Gasteiger partial charge is 0.274 e. The normalized spacial score (nSPS) is 27.2. The summed E-state index contributed by atoms with van der Waals surface area (Å²) < 4.78 is 5.48. The van der Waals surface area contributed by atoms with E-state index >= 15 is 0 Å². The molecule has 0 aliphatic carbocycles. The molecule has 2 heterocycles. The molecule has 0 radical (unpaired) electrons. The summed E-state index contributed by atoms with van der Waals surface area (Å²) in [5.41, 5.74) is 0.157. The van der Waals surface area contributed by atoms with Crippen molar-refractivity contribution in [2.24, 2.45) is 0 Å². The van der Waals surface area contributed by atoms with Crippen molar-refractivity contribution < 1.29 is 30.0 Å². The summed E-state index contributed by atoms with van der Waals surface area (Å²) in [6.07, 6.45) is 2.17. The third-order valence-electron chi connectivity index (χ3n) is 4.41. The molecule has 1 aromatic heterocycles. The van der Waals surface area contributed by atoms with Crippen molar-refractivity contribution in [3.05, 3.63) is 24.3 Å². The van der Waals surface area contributed by atoms with Crippen molar-refractivity contribution in [1.29, 1.82) is 0 Å².